The Morgan fingerprint density at radius 3 is 2.39 bits per heavy atom. The molecule has 0 saturated carbocycles. The van der Waals surface area contributed by atoms with E-state index < -0.39 is 21.4 Å². The molecule has 1 saturated heterocycles. The summed E-state index contributed by atoms with van der Waals surface area (Å²) >= 11 is 0. The predicted octanol–water partition coefficient (Wildman–Crippen LogP) is 2.56. The van der Waals surface area contributed by atoms with E-state index in [-0.39, 0.29) is 5.75 Å². The molecule has 0 aliphatic carbocycles. The van der Waals surface area contributed by atoms with Gasteiger partial charge < -0.3 is 13.8 Å². The van der Waals surface area contributed by atoms with Crippen LogP contribution in [0.4, 0.5) is 13.2 Å². The summed E-state index contributed by atoms with van der Waals surface area (Å²) in [5, 5.41) is 0. The van der Waals surface area contributed by atoms with Gasteiger partial charge in [0.1, 0.15) is 0 Å². The molecule has 1 aliphatic rings. The monoisotopic (exact) mass is 353 g/mol. The van der Waals surface area contributed by atoms with Crippen LogP contribution in [0.15, 0.2) is 18.2 Å². The number of hydrogen-bond acceptors (Lipinski definition) is 5. The maximum Gasteiger partial charge on any atom is 0.534 e. The van der Waals surface area contributed by atoms with E-state index in [4.69, 9.17) is 4.74 Å². The fourth-order valence-electron chi connectivity index (χ4n) is 2.40. The summed E-state index contributed by atoms with van der Waals surface area (Å²) in [5.74, 6) is -0.522. The summed E-state index contributed by atoms with van der Waals surface area (Å²) in [4.78, 5) is 2.30. The number of benzene rings is 1. The summed E-state index contributed by atoms with van der Waals surface area (Å²) in [5.41, 5.74) is -4.64. The number of alkyl halides is 3. The van der Waals surface area contributed by atoms with Crippen molar-refractivity contribution in [2.24, 2.45) is 0 Å². The number of likely N-dealkylation sites (tertiary alicyclic amines) is 1. The normalized spacial score (nSPS) is 16.5. The highest BCUT2D eigenvalue weighted by molar-refractivity contribution is 7.88. The van der Waals surface area contributed by atoms with Gasteiger partial charge in [-0.15, -0.1) is 0 Å². The number of nitrogens with zero attached hydrogens (tertiary/aromatic N) is 1. The van der Waals surface area contributed by atoms with E-state index in [0.717, 1.165) is 25.2 Å². The van der Waals surface area contributed by atoms with Gasteiger partial charge in [0.25, 0.3) is 0 Å². The van der Waals surface area contributed by atoms with Crippen molar-refractivity contribution in [2.45, 2.75) is 24.8 Å². The summed E-state index contributed by atoms with van der Waals surface area (Å²) in [6, 6.07) is 4.22. The molecule has 23 heavy (non-hydrogen) atoms. The lowest BCUT2D eigenvalue weighted by Crippen LogP contribution is -2.28. The molecule has 0 amide bonds. The molecular formula is C14H18F3NO4S. The molecule has 5 nitrogen and oxygen atoms in total. The molecule has 0 atom stereocenters. The van der Waals surface area contributed by atoms with E-state index in [9.17, 15) is 21.6 Å². The van der Waals surface area contributed by atoms with Gasteiger partial charge in [-0.05, 0) is 50.0 Å². The molecule has 130 valence electrons. The van der Waals surface area contributed by atoms with Gasteiger partial charge in [0, 0.05) is 6.54 Å². The van der Waals surface area contributed by atoms with E-state index in [1.165, 1.54) is 32.1 Å². The highest BCUT2D eigenvalue weighted by Crippen LogP contribution is 2.33. The third-order valence-corrected chi connectivity index (χ3v) is 4.59. The largest absolute Gasteiger partial charge is 0.534 e. The van der Waals surface area contributed by atoms with Gasteiger partial charge in [0.05, 0.1) is 7.11 Å². The van der Waals surface area contributed by atoms with E-state index in [1.807, 2.05) is 0 Å². The second-order valence-electron chi connectivity index (χ2n) is 5.27. The molecule has 9 heteroatoms. The Hall–Kier alpha value is -1.48. The molecule has 0 spiro atoms. The highest BCUT2D eigenvalue weighted by atomic mass is 32.2. The molecule has 2 rings (SSSR count). The molecule has 0 radical (unpaired) electrons. The van der Waals surface area contributed by atoms with Crippen molar-refractivity contribution in [3.05, 3.63) is 23.8 Å². The fourth-order valence-corrected chi connectivity index (χ4v) is 2.86. The van der Waals surface area contributed by atoms with Crippen LogP contribution in [0.1, 0.15) is 18.4 Å². The Kier molecular flexibility index (Phi) is 5.41. The molecule has 0 aromatic heterocycles. The van der Waals surface area contributed by atoms with E-state index in [0.29, 0.717) is 6.42 Å². The van der Waals surface area contributed by atoms with Crippen LogP contribution in [0.5, 0.6) is 11.5 Å². The van der Waals surface area contributed by atoms with Crippen LogP contribution in [-0.2, 0) is 16.5 Å². The Morgan fingerprint density at radius 1 is 1.17 bits per heavy atom. The Bertz CT molecular complexity index is 640. The Balaban J connectivity index is 2.10. The van der Waals surface area contributed by atoms with Crippen LogP contribution in [0.2, 0.25) is 0 Å². The van der Waals surface area contributed by atoms with Crippen molar-refractivity contribution in [2.75, 3.05) is 26.7 Å². The summed E-state index contributed by atoms with van der Waals surface area (Å²) in [6.45, 7) is 2.93. The maximum absolute atomic E-state index is 12.4. The van der Waals surface area contributed by atoms with Gasteiger partial charge >= 0.3 is 15.6 Å². The SMILES string of the molecule is COc1cc(CCN2CCCC2)ccc1OS(=O)(=O)C(F)(F)F. The Labute approximate surface area is 133 Å². The second-order valence-corrected chi connectivity index (χ2v) is 6.80. The zero-order chi connectivity index (χ0) is 17.1. The van der Waals surface area contributed by atoms with E-state index in [2.05, 4.69) is 9.08 Å². The van der Waals surface area contributed by atoms with Gasteiger partial charge in [-0.3, -0.25) is 0 Å². The molecular weight excluding hydrogens is 335 g/mol. The quantitative estimate of drug-likeness (QED) is 0.581. The average Bonchev–Trinajstić information content (AvgIpc) is 2.98. The number of halogens is 3. The van der Waals surface area contributed by atoms with Crippen LogP contribution < -0.4 is 8.92 Å². The highest BCUT2D eigenvalue weighted by Gasteiger charge is 2.48. The minimum Gasteiger partial charge on any atom is -0.493 e. The molecule has 1 heterocycles. The Morgan fingerprint density at radius 2 is 1.83 bits per heavy atom. The third-order valence-electron chi connectivity index (χ3n) is 3.63. The maximum atomic E-state index is 12.4. The van der Waals surface area contributed by atoms with Gasteiger partial charge in [0.15, 0.2) is 11.5 Å². The first-order valence-electron chi connectivity index (χ1n) is 7.13. The fraction of sp³-hybridized carbons (Fsp3) is 0.571. The lowest BCUT2D eigenvalue weighted by molar-refractivity contribution is -0.0500. The van der Waals surface area contributed by atoms with Crippen LogP contribution in [0.25, 0.3) is 0 Å². The molecule has 1 aromatic carbocycles. The predicted molar refractivity (Wildman–Crippen MR) is 78.0 cm³/mol. The average molecular weight is 353 g/mol. The number of methoxy groups -OCH3 is 1. The van der Waals surface area contributed by atoms with Gasteiger partial charge in [-0.1, -0.05) is 6.07 Å². The minimum atomic E-state index is -5.71. The molecule has 0 bridgehead atoms. The number of rotatable bonds is 6. The minimum absolute atomic E-state index is 0.0447. The number of ether oxygens (including phenoxy) is 1. The van der Waals surface area contributed by atoms with Crippen LogP contribution >= 0.6 is 0 Å². The van der Waals surface area contributed by atoms with Crippen molar-refractivity contribution < 1.29 is 30.5 Å². The first-order chi connectivity index (χ1) is 10.7. The zero-order valence-electron chi connectivity index (χ0n) is 12.6. The van der Waals surface area contributed by atoms with Crippen molar-refractivity contribution in [1.82, 2.24) is 4.90 Å². The van der Waals surface area contributed by atoms with Crippen molar-refractivity contribution >= 4 is 10.1 Å². The van der Waals surface area contributed by atoms with Crippen molar-refractivity contribution in [1.29, 1.82) is 0 Å². The molecule has 1 aliphatic heterocycles. The molecule has 0 N–H and O–H groups in total. The topological polar surface area (TPSA) is 55.8 Å². The first kappa shape index (κ1) is 17.9. The second kappa shape index (κ2) is 6.96. The lowest BCUT2D eigenvalue weighted by atomic mass is 10.1. The first-order valence-corrected chi connectivity index (χ1v) is 8.54. The van der Waals surface area contributed by atoms with Gasteiger partial charge in [-0.2, -0.15) is 21.6 Å². The smallest absolute Gasteiger partial charge is 0.493 e. The van der Waals surface area contributed by atoms with E-state index >= 15 is 0 Å². The van der Waals surface area contributed by atoms with Crippen LogP contribution in [0, 0.1) is 0 Å². The molecule has 1 aromatic rings. The summed E-state index contributed by atoms with van der Waals surface area (Å²) in [6.07, 6.45) is 3.04. The van der Waals surface area contributed by atoms with Gasteiger partial charge in [0.2, 0.25) is 0 Å². The van der Waals surface area contributed by atoms with Gasteiger partial charge in [-0.25, -0.2) is 0 Å². The molecule has 1 fully saturated rings. The van der Waals surface area contributed by atoms with E-state index in [1.54, 1.807) is 6.07 Å². The van der Waals surface area contributed by atoms with Crippen molar-refractivity contribution in [3.8, 4) is 11.5 Å². The number of hydrogen-bond donors (Lipinski definition) is 0. The standard InChI is InChI=1S/C14H18F3NO4S/c1-21-13-10-11(6-9-18-7-2-3-8-18)4-5-12(13)22-23(19,20)14(15,16)17/h4-5,10H,2-3,6-9H2,1H3. The van der Waals surface area contributed by atoms with Crippen LogP contribution in [-0.4, -0.2) is 45.6 Å². The van der Waals surface area contributed by atoms with Crippen molar-refractivity contribution in [3.63, 3.8) is 0 Å². The summed E-state index contributed by atoms with van der Waals surface area (Å²) in [7, 11) is -4.47. The third kappa shape index (κ3) is 4.51. The molecule has 0 unspecified atom stereocenters. The van der Waals surface area contributed by atoms with Crippen LogP contribution in [0.3, 0.4) is 0 Å². The summed E-state index contributed by atoms with van der Waals surface area (Å²) < 4.78 is 68.3. The lowest BCUT2D eigenvalue weighted by Gasteiger charge is -2.16. The zero-order valence-corrected chi connectivity index (χ0v) is 13.4.